The summed E-state index contributed by atoms with van der Waals surface area (Å²) in [4.78, 5) is 51.0. The Balaban J connectivity index is 1.65. The Bertz CT molecular complexity index is 818. The number of carbonyl (C=O) groups is 4. The van der Waals surface area contributed by atoms with E-state index in [-0.39, 0.29) is 36.0 Å². The predicted molar refractivity (Wildman–Crippen MR) is 109 cm³/mol. The minimum absolute atomic E-state index is 0.0570. The summed E-state index contributed by atoms with van der Waals surface area (Å²) < 4.78 is 0. The third-order valence-corrected chi connectivity index (χ3v) is 5.89. The Morgan fingerprint density at radius 2 is 1.90 bits per heavy atom. The molecule has 0 aromatic heterocycles. The monoisotopic (exact) mass is 399 g/mol. The van der Waals surface area contributed by atoms with Crippen molar-refractivity contribution in [1.29, 1.82) is 0 Å². The third kappa shape index (κ3) is 4.33. The first-order valence-corrected chi connectivity index (χ1v) is 10.3. The van der Waals surface area contributed by atoms with Crippen LogP contribution in [0.5, 0.6) is 0 Å². The Hall–Kier alpha value is -2.70. The van der Waals surface area contributed by atoms with Crippen molar-refractivity contribution < 1.29 is 19.2 Å². The molecule has 2 atom stereocenters. The van der Waals surface area contributed by atoms with Gasteiger partial charge in [0.25, 0.3) is 5.91 Å². The molecule has 2 aliphatic rings. The van der Waals surface area contributed by atoms with E-state index in [9.17, 15) is 19.2 Å². The Labute approximate surface area is 171 Å². The Morgan fingerprint density at radius 3 is 2.52 bits per heavy atom. The lowest BCUT2D eigenvalue weighted by Crippen LogP contribution is -2.54. The van der Waals surface area contributed by atoms with Gasteiger partial charge < -0.3 is 10.6 Å². The van der Waals surface area contributed by atoms with Gasteiger partial charge in [0.2, 0.25) is 5.91 Å². The van der Waals surface area contributed by atoms with Crippen molar-refractivity contribution in [3.63, 3.8) is 0 Å². The molecule has 0 unspecified atom stereocenters. The molecule has 1 aromatic carbocycles. The van der Waals surface area contributed by atoms with E-state index < -0.39 is 11.6 Å². The van der Waals surface area contributed by atoms with Gasteiger partial charge in [-0.05, 0) is 48.9 Å². The molecule has 2 N–H and O–H groups in total. The van der Waals surface area contributed by atoms with E-state index in [1.165, 1.54) is 0 Å². The summed E-state index contributed by atoms with van der Waals surface area (Å²) in [5, 5.41) is 5.65. The molecule has 4 amide bonds. The van der Waals surface area contributed by atoms with Gasteiger partial charge in [0, 0.05) is 17.7 Å². The smallest absolute Gasteiger partial charge is 0.325 e. The lowest BCUT2D eigenvalue weighted by Gasteiger charge is -2.36. The number of hydrogen-bond donors (Lipinski definition) is 2. The molecular weight excluding hydrogens is 370 g/mol. The summed E-state index contributed by atoms with van der Waals surface area (Å²) in [5.41, 5.74) is 0.141. The quantitative estimate of drug-likeness (QED) is 0.566. The first kappa shape index (κ1) is 21.0. The molecule has 0 radical (unpaired) electrons. The number of carbonyl (C=O) groups excluding carboxylic acids is 4. The zero-order valence-electron chi connectivity index (χ0n) is 17.3. The van der Waals surface area contributed by atoms with Crippen LogP contribution in [-0.2, 0) is 9.59 Å². The second kappa shape index (κ2) is 8.35. The fourth-order valence-corrected chi connectivity index (χ4v) is 4.20. The van der Waals surface area contributed by atoms with Gasteiger partial charge in [-0.2, -0.15) is 0 Å². The van der Waals surface area contributed by atoms with Crippen LogP contribution >= 0.6 is 0 Å². The maximum absolute atomic E-state index is 13.0. The molecule has 0 bridgehead atoms. The van der Waals surface area contributed by atoms with Crippen molar-refractivity contribution in [3.8, 4) is 0 Å². The molecule has 1 aromatic rings. The predicted octanol–water partition coefficient (Wildman–Crippen LogP) is 3.35. The summed E-state index contributed by atoms with van der Waals surface area (Å²) >= 11 is 0. The average molecular weight is 399 g/mol. The van der Waals surface area contributed by atoms with Crippen LogP contribution in [0.1, 0.15) is 63.2 Å². The Kier molecular flexibility index (Phi) is 6.05. The van der Waals surface area contributed by atoms with Gasteiger partial charge in [-0.1, -0.05) is 33.6 Å². The SMILES string of the molecule is CC(C)CC(=O)Nc1ccc(C(=O)CN2C(=O)N[C@@]3(CCCC[C@@H]3C)C2=O)cc1. The van der Waals surface area contributed by atoms with E-state index in [1.54, 1.807) is 24.3 Å². The summed E-state index contributed by atoms with van der Waals surface area (Å²) in [5.74, 6) is -0.364. The first-order chi connectivity index (χ1) is 13.7. The van der Waals surface area contributed by atoms with Gasteiger partial charge in [0.05, 0.1) is 6.54 Å². The van der Waals surface area contributed by atoms with Crippen LogP contribution < -0.4 is 10.6 Å². The molecule has 7 heteroatoms. The highest BCUT2D eigenvalue weighted by Gasteiger charge is 2.55. The summed E-state index contributed by atoms with van der Waals surface area (Å²) in [6.07, 6.45) is 3.87. The zero-order chi connectivity index (χ0) is 21.2. The number of imide groups is 1. The standard InChI is InChI=1S/C22H29N3O4/c1-14(2)12-19(27)23-17-9-7-16(8-10-17)18(26)13-25-20(28)22(24-21(25)29)11-5-4-6-15(22)3/h7-10,14-15H,4-6,11-13H2,1-3H3,(H,23,27)(H,24,29)/t15-,22+/m0/s1. The third-order valence-electron chi connectivity index (χ3n) is 5.89. The van der Waals surface area contributed by atoms with Crippen molar-refractivity contribution in [2.24, 2.45) is 11.8 Å². The molecule has 1 saturated carbocycles. The molecule has 156 valence electrons. The van der Waals surface area contributed by atoms with Crippen molar-refractivity contribution in [2.75, 3.05) is 11.9 Å². The molecular formula is C22H29N3O4. The fraction of sp³-hybridized carbons (Fsp3) is 0.545. The van der Waals surface area contributed by atoms with Crippen LogP contribution in [0.3, 0.4) is 0 Å². The average Bonchev–Trinajstić information content (AvgIpc) is 2.89. The topological polar surface area (TPSA) is 95.6 Å². The highest BCUT2D eigenvalue weighted by atomic mass is 16.2. The van der Waals surface area contributed by atoms with Gasteiger partial charge in [-0.25, -0.2) is 4.79 Å². The lowest BCUT2D eigenvalue weighted by atomic mass is 9.73. The number of hydrogen-bond acceptors (Lipinski definition) is 4. The van der Waals surface area contributed by atoms with E-state index in [4.69, 9.17) is 0 Å². The molecule has 3 rings (SSSR count). The first-order valence-electron chi connectivity index (χ1n) is 10.3. The summed E-state index contributed by atoms with van der Waals surface area (Å²) in [6.45, 7) is 5.64. The van der Waals surface area contributed by atoms with Crippen molar-refractivity contribution >= 4 is 29.3 Å². The van der Waals surface area contributed by atoms with Crippen LogP contribution in [0.25, 0.3) is 0 Å². The van der Waals surface area contributed by atoms with Gasteiger partial charge in [0.15, 0.2) is 5.78 Å². The van der Waals surface area contributed by atoms with Crippen LogP contribution in [0, 0.1) is 11.8 Å². The van der Waals surface area contributed by atoms with E-state index in [0.717, 1.165) is 24.2 Å². The fourth-order valence-electron chi connectivity index (χ4n) is 4.20. The minimum atomic E-state index is -0.861. The van der Waals surface area contributed by atoms with E-state index in [2.05, 4.69) is 10.6 Å². The molecule has 7 nitrogen and oxygen atoms in total. The number of anilines is 1. The number of nitrogens with zero attached hydrogens (tertiary/aromatic N) is 1. The number of ketones is 1. The van der Waals surface area contributed by atoms with Crippen LogP contribution in [-0.4, -0.2) is 40.6 Å². The van der Waals surface area contributed by atoms with Gasteiger partial charge in [-0.3, -0.25) is 19.3 Å². The van der Waals surface area contributed by atoms with Crippen molar-refractivity contribution in [3.05, 3.63) is 29.8 Å². The van der Waals surface area contributed by atoms with Gasteiger partial charge >= 0.3 is 6.03 Å². The van der Waals surface area contributed by atoms with Gasteiger partial charge in [0.1, 0.15) is 5.54 Å². The number of benzene rings is 1. The number of Topliss-reactive ketones (excluding diaryl/α,β-unsaturated/α-hetero) is 1. The molecule has 1 aliphatic carbocycles. The molecule has 1 spiro atoms. The second-order valence-electron chi connectivity index (χ2n) is 8.59. The molecule has 1 saturated heterocycles. The lowest BCUT2D eigenvalue weighted by molar-refractivity contribution is -0.133. The largest absolute Gasteiger partial charge is 0.326 e. The second-order valence-corrected chi connectivity index (χ2v) is 8.59. The maximum Gasteiger partial charge on any atom is 0.325 e. The molecule has 1 aliphatic heterocycles. The molecule has 29 heavy (non-hydrogen) atoms. The van der Waals surface area contributed by atoms with Crippen LogP contribution in [0.4, 0.5) is 10.5 Å². The van der Waals surface area contributed by atoms with Crippen molar-refractivity contribution in [1.82, 2.24) is 10.2 Å². The van der Waals surface area contributed by atoms with Crippen molar-refractivity contribution in [2.45, 2.75) is 58.4 Å². The highest BCUT2D eigenvalue weighted by molar-refractivity contribution is 6.11. The summed E-state index contributed by atoms with van der Waals surface area (Å²) in [6, 6.07) is 6.02. The number of rotatable bonds is 6. The maximum atomic E-state index is 13.0. The van der Waals surface area contributed by atoms with E-state index >= 15 is 0 Å². The Morgan fingerprint density at radius 1 is 1.21 bits per heavy atom. The number of amides is 4. The number of urea groups is 1. The zero-order valence-corrected chi connectivity index (χ0v) is 17.3. The van der Waals surface area contributed by atoms with Crippen LogP contribution in [0.15, 0.2) is 24.3 Å². The summed E-state index contributed by atoms with van der Waals surface area (Å²) in [7, 11) is 0. The minimum Gasteiger partial charge on any atom is -0.326 e. The highest BCUT2D eigenvalue weighted by Crippen LogP contribution is 2.38. The van der Waals surface area contributed by atoms with E-state index in [1.807, 2.05) is 20.8 Å². The van der Waals surface area contributed by atoms with Gasteiger partial charge in [-0.15, -0.1) is 0 Å². The normalized spacial score (nSPS) is 24.1. The van der Waals surface area contributed by atoms with Crippen LogP contribution in [0.2, 0.25) is 0 Å². The molecule has 2 fully saturated rings. The van der Waals surface area contributed by atoms with E-state index in [0.29, 0.717) is 24.1 Å². The molecule has 1 heterocycles. The number of nitrogens with one attached hydrogen (secondary N) is 2.